The summed E-state index contributed by atoms with van der Waals surface area (Å²) in [5.41, 5.74) is 5.36. The minimum absolute atomic E-state index is 0.0449. The number of carbonyl (C=O) groups excluding carboxylic acids is 2. The van der Waals surface area contributed by atoms with E-state index in [9.17, 15) is 14.4 Å². The fourth-order valence-electron chi connectivity index (χ4n) is 4.68. The van der Waals surface area contributed by atoms with Gasteiger partial charge in [-0.3, -0.25) is 9.59 Å². The zero-order valence-corrected chi connectivity index (χ0v) is 22.4. The van der Waals surface area contributed by atoms with Crippen molar-refractivity contribution in [3.05, 3.63) is 95.6 Å². The second-order valence-electron chi connectivity index (χ2n) is 9.50. The number of aliphatic carboxylic acids is 1. The predicted molar refractivity (Wildman–Crippen MR) is 149 cm³/mol. The number of nitrogens with one attached hydrogen (secondary N) is 2. The number of rotatable bonds is 14. The minimum atomic E-state index is -1.03. The van der Waals surface area contributed by atoms with Gasteiger partial charge in [-0.05, 0) is 34.7 Å². The monoisotopic (exact) mass is 546 g/mol. The number of fused-ring (bicyclic) bond motifs is 3. The molecule has 0 heterocycles. The molecule has 0 fully saturated rings. The lowest BCUT2D eigenvalue weighted by Gasteiger charge is -2.25. The van der Waals surface area contributed by atoms with Crippen LogP contribution < -0.4 is 10.6 Å². The van der Waals surface area contributed by atoms with Crippen LogP contribution in [0.3, 0.4) is 0 Å². The molecule has 0 aromatic heterocycles. The highest BCUT2D eigenvalue weighted by molar-refractivity contribution is 5.86. The van der Waals surface area contributed by atoms with Crippen molar-refractivity contribution in [1.29, 1.82) is 0 Å². The number of ether oxygens (including phenoxy) is 3. The summed E-state index contributed by atoms with van der Waals surface area (Å²) in [5.74, 6) is -1.53. The van der Waals surface area contributed by atoms with Gasteiger partial charge in [-0.15, -0.1) is 0 Å². The van der Waals surface area contributed by atoms with E-state index in [2.05, 4.69) is 22.8 Å². The van der Waals surface area contributed by atoms with E-state index in [1.807, 2.05) is 66.7 Å². The third kappa shape index (κ3) is 7.68. The highest BCUT2D eigenvalue weighted by atomic mass is 16.5. The molecule has 0 aliphatic heterocycles. The Bertz CT molecular complexity index is 1250. The van der Waals surface area contributed by atoms with Gasteiger partial charge in [0, 0.05) is 12.5 Å². The molecule has 0 saturated carbocycles. The van der Waals surface area contributed by atoms with Gasteiger partial charge in [0.1, 0.15) is 12.6 Å². The van der Waals surface area contributed by atoms with Crippen molar-refractivity contribution in [2.45, 2.75) is 38.0 Å². The van der Waals surface area contributed by atoms with E-state index < -0.39 is 30.1 Å². The van der Waals surface area contributed by atoms with E-state index in [0.717, 1.165) is 27.8 Å². The molecule has 0 bridgehead atoms. The molecule has 2 amide bonds. The standard InChI is InChI=1S/C31H34N2O7/c1-21(39-19-22-9-3-2-4-10-22)29(30(36)32-16-18-38-17-15-28(34)35)33-31(37)40-20-27-25-13-7-5-11-23(25)24-12-6-8-14-26(24)27/h2-14,21,27,29H,15-20H2,1H3,(H,32,36)(H,33,37)(H,34,35). The average Bonchev–Trinajstić information content (AvgIpc) is 3.29. The van der Waals surface area contributed by atoms with E-state index in [-0.39, 0.29) is 45.3 Å². The lowest BCUT2D eigenvalue weighted by atomic mass is 9.98. The smallest absolute Gasteiger partial charge is 0.407 e. The first-order valence-electron chi connectivity index (χ1n) is 13.3. The zero-order valence-electron chi connectivity index (χ0n) is 22.4. The molecule has 0 saturated heterocycles. The molecule has 9 nitrogen and oxygen atoms in total. The van der Waals surface area contributed by atoms with Crippen molar-refractivity contribution in [2.75, 3.05) is 26.4 Å². The van der Waals surface area contributed by atoms with Crippen LogP contribution in [0.4, 0.5) is 4.79 Å². The van der Waals surface area contributed by atoms with E-state index >= 15 is 0 Å². The van der Waals surface area contributed by atoms with Crippen LogP contribution in [0.1, 0.15) is 36.0 Å². The van der Waals surface area contributed by atoms with Crippen molar-refractivity contribution in [3.63, 3.8) is 0 Å². The Kier molecular flexibility index (Phi) is 10.3. The van der Waals surface area contributed by atoms with Gasteiger partial charge in [0.15, 0.2) is 0 Å². The lowest BCUT2D eigenvalue weighted by molar-refractivity contribution is -0.138. The molecule has 1 aliphatic carbocycles. The maximum atomic E-state index is 13.0. The maximum absolute atomic E-state index is 13.0. The Morgan fingerprint density at radius 2 is 1.50 bits per heavy atom. The molecule has 40 heavy (non-hydrogen) atoms. The van der Waals surface area contributed by atoms with Gasteiger partial charge < -0.3 is 30.0 Å². The van der Waals surface area contributed by atoms with Crippen LogP contribution in [0, 0.1) is 0 Å². The zero-order chi connectivity index (χ0) is 28.3. The van der Waals surface area contributed by atoms with Crippen LogP contribution in [0.5, 0.6) is 0 Å². The van der Waals surface area contributed by atoms with Crippen molar-refractivity contribution < 1.29 is 33.7 Å². The summed E-state index contributed by atoms with van der Waals surface area (Å²) in [6.07, 6.45) is -1.52. The van der Waals surface area contributed by atoms with Gasteiger partial charge in [-0.1, -0.05) is 78.9 Å². The Labute approximate surface area is 233 Å². The number of hydrogen-bond acceptors (Lipinski definition) is 6. The van der Waals surface area contributed by atoms with Crippen LogP contribution in [0.25, 0.3) is 11.1 Å². The van der Waals surface area contributed by atoms with Gasteiger partial charge in [-0.2, -0.15) is 0 Å². The number of alkyl carbamates (subject to hydrolysis) is 1. The molecular weight excluding hydrogens is 512 g/mol. The van der Waals surface area contributed by atoms with Gasteiger partial charge in [0.2, 0.25) is 5.91 Å². The van der Waals surface area contributed by atoms with E-state index in [1.54, 1.807) is 6.92 Å². The highest BCUT2D eigenvalue weighted by Gasteiger charge is 2.31. The summed E-state index contributed by atoms with van der Waals surface area (Å²) in [4.78, 5) is 36.6. The van der Waals surface area contributed by atoms with E-state index in [1.165, 1.54) is 0 Å². The first-order chi connectivity index (χ1) is 19.4. The number of carboxylic acids is 1. The molecule has 1 aliphatic rings. The topological polar surface area (TPSA) is 123 Å². The first kappa shape index (κ1) is 28.8. The van der Waals surface area contributed by atoms with Gasteiger partial charge >= 0.3 is 12.1 Å². The molecule has 3 aromatic rings. The predicted octanol–water partition coefficient (Wildman–Crippen LogP) is 4.11. The quantitative estimate of drug-likeness (QED) is 0.260. The number of carboxylic acid groups (broad SMARTS) is 1. The van der Waals surface area contributed by atoms with Crippen molar-refractivity contribution >= 4 is 18.0 Å². The number of hydrogen-bond donors (Lipinski definition) is 3. The van der Waals surface area contributed by atoms with Crippen LogP contribution in [-0.2, 0) is 30.4 Å². The third-order valence-electron chi connectivity index (χ3n) is 6.73. The lowest BCUT2D eigenvalue weighted by Crippen LogP contribution is -2.53. The third-order valence-corrected chi connectivity index (χ3v) is 6.73. The van der Waals surface area contributed by atoms with Crippen molar-refractivity contribution in [1.82, 2.24) is 10.6 Å². The molecule has 2 atom stereocenters. The molecule has 3 N–H and O–H groups in total. The molecule has 9 heteroatoms. The molecule has 4 rings (SSSR count). The summed E-state index contributed by atoms with van der Waals surface area (Å²) in [7, 11) is 0. The molecule has 210 valence electrons. The number of benzene rings is 3. The maximum Gasteiger partial charge on any atom is 0.407 e. The molecule has 0 radical (unpaired) electrons. The minimum Gasteiger partial charge on any atom is -0.481 e. The summed E-state index contributed by atoms with van der Waals surface area (Å²) in [6, 6.07) is 24.6. The second-order valence-corrected chi connectivity index (χ2v) is 9.50. The van der Waals surface area contributed by atoms with E-state index in [0.29, 0.717) is 0 Å². The number of amides is 2. The normalized spacial score (nSPS) is 13.5. The van der Waals surface area contributed by atoms with Gasteiger partial charge in [0.05, 0.1) is 32.3 Å². The fraction of sp³-hybridized carbons (Fsp3) is 0.323. The molecule has 2 unspecified atom stereocenters. The Balaban J connectivity index is 1.36. The summed E-state index contributed by atoms with van der Waals surface area (Å²) in [6.45, 7) is 2.41. The molecule has 0 spiro atoms. The van der Waals surface area contributed by atoms with Crippen LogP contribution in [0.2, 0.25) is 0 Å². The highest BCUT2D eigenvalue weighted by Crippen LogP contribution is 2.44. The van der Waals surface area contributed by atoms with E-state index in [4.69, 9.17) is 19.3 Å². The van der Waals surface area contributed by atoms with Crippen LogP contribution >= 0.6 is 0 Å². The van der Waals surface area contributed by atoms with Gasteiger partial charge in [-0.25, -0.2) is 4.79 Å². The Morgan fingerprint density at radius 1 is 0.875 bits per heavy atom. The molecular formula is C31H34N2O7. The summed E-state index contributed by atoms with van der Waals surface area (Å²) in [5, 5.41) is 14.1. The largest absolute Gasteiger partial charge is 0.481 e. The first-order valence-corrected chi connectivity index (χ1v) is 13.3. The van der Waals surface area contributed by atoms with Gasteiger partial charge in [0.25, 0.3) is 0 Å². The average molecular weight is 547 g/mol. The number of carbonyl (C=O) groups is 3. The molecule has 3 aromatic carbocycles. The van der Waals surface area contributed by atoms with Crippen molar-refractivity contribution in [2.24, 2.45) is 0 Å². The second kappa shape index (κ2) is 14.3. The Hall–Kier alpha value is -4.21. The fourth-order valence-corrected chi connectivity index (χ4v) is 4.68. The van der Waals surface area contributed by atoms with Crippen molar-refractivity contribution in [3.8, 4) is 11.1 Å². The Morgan fingerprint density at radius 3 is 2.15 bits per heavy atom. The SMILES string of the molecule is CC(OCc1ccccc1)C(NC(=O)OCC1c2ccccc2-c2ccccc21)C(=O)NCCOCCC(=O)O. The van der Waals surface area contributed by atoms with Crippen LogP contribution in [-0.4, -0.2) is 61.6 Å². The summed E-state index contributed by atoms with van der Waals surface area (Å²) >= 11 is 0. The van der Waals surface area contributed by atoms with Crippen LogP contribution in [0.15, 0.2) is 78.9 Å². The summed E-state index contributed by atoms with van der Waals surface area (Å²) < 4.78 is 16.8.